The third-order valence-electron chi connectivity index (χ3n) is 2.53. The molecule has 0 aromatic heterocycles. The van der Waals surface area contributed by atoms with E-state index in [4.69, 9.17) is 39.4 Å². The first-order chi connectivity index (χ1) is 13.4. The molecule has 170 valence electrons. The summed E-state index contributed by atoms with van der Waals surface area (Å²) in [5.41, 5.74) is 0. The van der Waals surface area contributed by atoms with Gasteiger partial charge in [0.15, 0.2) is 0 Å². The third kappa shape index (κ3) is 36.0. The number of rotatable bonds is 16. The third-order valence-corrected chi connectivity index (χ3v) is 2.53. The van der Waals surface area contributed by atoms with Gasteiger partial charge in [0.05, 0.1) is 90.3 Å². The van der Waals surface area contributed by atoms with Crippen molar-refractivity contribution in [1.82, 2.24) is 0 Å². The lowest BCUT2D eigenvalue weighted by atomic mass is 10.4. The molecule has 9 heteroatoms. The molecular weight excluding hydrogens is 372 g/mol. The summed E-state index contributed by atoms with van der Waals surface area (Å²) >= 11 is 0. The fraction of sp³-hybridized carbons (Fsp3) is 0.789. The quantitative estimate of drug-likeness (QED) is 0.211. The highest BCUT2D eigenvalue weighted by atomic mass is 16.5. The molecule has 0 amide bonds. The second kappa shape index (κ2) is 28.2. The fourth-order valence-corrected chi connectivity index (χ4v) is 1.22. The van der Waals surface area contributed by atoms with Gasteiger partial charge in [-0.15, -0.1) is 0 Å². The molecule has 0 aliphatic heterocycles. The maximum absolute atomic E-state index is 8.92. The molecule has 9 nitrogen and oxygen atoms in total. The predicted octanol–water partition coefficient (Wildman–Crippen LogP) is 0.464. The second-order valence-electron chi connectivity index (χ2n) is 5.46. The molecule has 0 heterocycles. The SMILES string of the molecule is C=COC=C.CC(O)COC(C)COC(C)CO.OCCOCCOCCO. The van der Waals surface area contributed by atoms with Crippen LogP contribution in [0, 0.1) is 0 Å². The van der Waals surface area contributed by atoms with Crippen LogP contribution in [0.1, 0.15) is 20.8 Å². The summed E-state index contributed by atoms with van der Waals surface area (Å²) in [6.07, 6.45) is 1.97. The number of hydrogen-bond acceptors (Lipinski definition) is 9. The maximum atomic E-state index is 8.92. The van der Waals surface area contributed by atoms with Gasteiger partial charge in [-0.2, -0.15) is 0 Å². The summed E-state index contributed by atoms with van der Waals surface area (Å²) in [6.45, 7) is 14.3. The minimum Gasteiger partial charge on any atom is -0.474 e. The van der Waals surface area contributed by atoms with E-state index in [2.05, 4.69) is 17.9 Å². The monoisotopic (exact) mass is 412 g/mol. The van der Waals surface area contributed by atoms with Crippen LogP contribution in [0.15, 0.2) is 25.7 Å². The minimum atomic E-state index is -0.447. The van der Waals surface area contributed by atoms with Crippen LogP contribution in [0.5, 0.6) is 0 Å². The number of hydrogen-bond donors (Lipinski definition) is 4. The lowest BCUT2D eigenvalue weighted by Gasteiger charge is -2.16. The van der Waals surface area contributed by atoms with Crippen molar-refractivity contribution < 1.29 is 44.1 Å². The van der Waals surface area contributed by atoms with E-state index in [1.54, 1.807) is 13.8 Å². The molecule has 0 saturated carbocycles. The first kappa shape index (κ1) is 31.6. The van der Waals surface area contributed by atoms with Crippen molar-refractivity contribution in [3.05, 3.63) is 25.7 Å². The van der Waals surface area contributed by atoms with Gasteiger partial charge in [-0.05, 0) is 20.8 Å². The molecule has 4 N–H and O–H groups in total. The highest BCUT2D eigenvalue weighted by Gasteiger charge is 2.07. The van der Waals surface area contributed by atoms with Crippen molar-refractivity contribution in [2.45, 2.75) is 39.1 Å². The normalized spacial score (nSPS) is 13.1. The van der Waals surface area contributed by atoms with E-state index in [9.17, 15) is 0 Å². The van der Waals surface area contributed by atoms with Crippen LogP contribution in [-0.2, 0) is 23.7 Å². The lowest BCUT2D eigenvalue weighted by molar-refractivity contribution is -0.0620. The maximum Gasteiger partial charge on any atom is 0.0829 e. The van der Waals surface area contributed by atoms with Crippen LogP contribution in [0.3, 0.4) is 0 Å². The van der Waals surface area contributed by atoms with Gasteiger partial charge in [-0.1, -0.05) is 13.2 Å². The summed E-state index contributed by atoms with van der Waals surface area (Å²) in [6, 6.07) is 0. The molecule has 0 fully saturated rings. The minimum absolute atomic E-state index is 0.0170. The highest BCUT2D eigenvalue weighted by Crippen LogP contribution is 1.97. The largest absolute Gasteiger partial charge is 0.474 e. The molecule has 0 aliphatic carbocycles. The Morgan fingerprint density at radius 1 is 0.750 bits per heavy atom. The Balaban J connectivity index is -0.000000368. The first-order valence-electron chi connectivity index (χ1n) is 9.16. The Morgan fingerprint density at radius 2 is 1.21 bits per heavy atom. The van der Waals surface area contributed by atoms with Crippen LogP contribution in [0.4, 0.5) is 0 Å². The van der Waals surface area contributed by atoms with Gasteiger partial charge in [0.25, 0.3) is 0 Å². The van der Waals surface area contributed by atoms with Gasteiger partial charge in [-0.3, -0.25) is 0 Å². The van der Waals surface area contributed by atoms with Crippen LogP contribution in [0.2, 0.25) is 0 Å². The zero-order valence-electron chi connectivity index (χ0n) is 17.5. The topological polar surface area (TPSA) is 127 Å². The summed E-state index contributed by atoms with van der Waals surface area (Å²) in [4.78, 5) is 0. The summed E-state index contributed by atoms with van der Waals surface area (Å²) < 4.78 is 24.6. The van der Waals surface area contributed by atoms with E-state index in [0.29, 0.717) is 39.6 Å². The Labute approximate surface area is 169 Å². The molecule has 0 spiro atoms. The molecule has 0 bridgehead atoms. The lowest BCUT2D eigenvalue weighted by Crippen LogP contribution is -2.24. The van der Waals surface area contributed by atoms with Crippen molar-refractivity contribution >= 4 is 0 Å². The molecule has 28 heavy (non-hydrogen) atoms. The summed E-state index contributed by atoms with van der Waals surface area (Å²) in [5.74, 6) is 0. The van der Waals surface area contributed by atoms with Crippen LogP contribution in [0.25, 0.3) is 0 Å². The first-order valence-corrected chi connectivity index (χ1v) is 9.16. The van der Waals surface area contributed by atoms with E-state index < -0.39 is 6.10 Å². The van der Waals surface area contributed by atoms with Crippen LogP contribution < -0.4 is 0 Å². The van der Waals surface area contributed by atoms with Crippen molar-refractivity contribution in [2.75, 3.05) is 59.5 Å². The van der Waals surface area contributed by atoms with E-state index in [1.807, 2.05) is 6.92 Å². The van der Waals surface area contributed by atoms with Gasteiger partial charge in [0.2, 0.25) is 0 Å². The molecule has 3 unspecified atom stereocenters. The van der Waals surface area contributed by atoms with Crippen molar-refractivity contribution in [3.8, 4) is 0 Å². The van der Waals surface area contributed by atoms with E-state index in [1.165, 1.54) is 12.5 Å². The molecule has 0 saturated heterocycles. The van der Waals surface area contributed by atoms with Gasteiger partial charge in [0.1, 0.15) is 0 Å². The van der Waals surface area contributed by atoms with Gasteiger partial charge in [0, 0.05) is 0 Å². The molecular formula is C19H40O9. The van der Waals surface area contributed by atoms with E-state index in [0.717, 1.165) is 0 Å². The summed E-state index contributed by atoms with van der Waals surface area (Å²) in [7, 11) is 0. The van der Waals surface area contributed by atoms with E-state index in [-0.39, 0.29) is 32.0 Å². The smallest absolute Gasteiger partial charge is 0.0829 e. The highest BCUT2D eigenvalue weighted by molar-refractivity contribution is 4.57. The Kier molecular flexibility index (Phi) is 31.8. The van der Waals surface area contributed by atoms with Gasteiger partial charge >= 0.3 is 0 Å². The van der Waals surface area contributed by atoms with Crippen molar-refractivity contribution in [2.24, 2.45) is 0 Å². The molecule has 0 aromatic rings. The number of aliphatic hydroxyl groups is 4. The Morgan fingerprint density at radius 3 is 1.54 bits per heavy atom. The van der Waals surface area contributed by atoms with Crippen LogP contribution >= 0.6 is 0 Å². The van der Waals surface area contributed by atoms with Crippen molar-refractivity contribution in [1.29, 1.82) is 0 Å². The van der Waals surface area contributed by atoms with Crippen molar-refractivity contribution in [3.63, 3.8) is 0 Å². The predicted molar refractivity (Wildman–Crippen MR) is 107 cm³/mol. The summed E-state index contributed by atoms with van der Waals surface area (Å²) in [5, 5.41) is 34.1. The average molecular weight is 413 g/mol. The number of ether oxygens (including phenoxy) is 5. The van der Waals surface area contributed by atoms with Gasteiger partial charge in [-0.25, -0.2) is 0 Å². The van der Waals surface area contributed by atoms with Crippen LogP contribution in [-0.4, -0.2) is 98.2 Å². The fourth-order valence-electron chi connectivity index (χ4n) is 1.22. The zero-order chi connectivity index (χ0) is 22.0. The number of aliphatic hydroxyl groups excluding tert-OH is 4. The Bertz CT molecular complexity index is 287. The molecule has 0 radical (unpaired) electrons. The Hall–Kier alpha value is -1.04. The second-order valence-corrected chi connectivity index (χ2v) is 5.46. The van der Waals surface area contributed by atoms with Gasteiger partial charge < -0.3 is 44.1 Å². The van der Waals surface area contributed by atoms with E-state index >= 15 is 0 Å². The molecule has 0 aromatic carbocycles. The molecule has 3 atom stereocenters. The molecule has 0 aliphatic rings. The average Bonchev–Trinajstić information content (AvgIpc) is 2.68. The zero-order valence-corrected chi connectivity index (χ0v) is 17.5. The standard InChI is InChI=1S/C9H20O4.C6H14O4.C4H6O/c1-7(11)5-12-9(3)6-13-8(2)4-10;7-1-3-9-5-6-10-4-2-8;1-3-5-4-2/h7-11H,4-6H2,1-3H3;7-8H,1-6H2;3-4H,1-2H2. The molecule has 0 rings (SSSR count).